The average Bonchev–Trinajstić information content (AvgIpc) is 3.08. The van der Waals surface area contributed by atoms with Gasteiger partial charge in [-0.3, -0.25) is 9.48 Å². The highest BCUT2D eigenvalue weighted by atomic mass is 16.6. The van der Waals surface area contributed by atoms with Crippen LogP contribution >= 0.6 is 0 Å². The summed E-state index contributed by atoms with van der Waals surface area (Å²) in [5.41, 5.74) is 5.58. The van der Waals surface area contributed by atoms with Crippen molar-refractivity contribution in [2.75, 3.05) is 13.2 Å². The van der Waals surface area contributed by atoms with E-state index in [1.165, 1.54) is 11.1 Å². The third-order valence-electron chi connectivity index (χ3n) is 6.49. The summed E-state index contributed by atoms with van der Waals surface area (Å²) in [6.45, 7) is 9.74. The lowest BCUT2D eigenvalue weighted by Gasteiger charge is -2.24. The number of aromatic nitrogens is 2. The first-order chi connectivity index (χ1) is 15.9. The molecule has 0 bridgehead atoms. The number of benzene rings is 2. The van der Waals surface area contributed by atoms with Gasteiger partial charge in [0.2, 0.25) is 5.91 Å². The molecule has 1 amide bonds. The fourth-order valence-corrected chi connectivity index (χ4v) is 4.18. The number of aryl methyl sites for hydroxylation is 2. The summed E-state index contributed by atoms with van der Waals surface area (Å²) in [6.07, 6.45) is 1.66. The van der Waals surface area contributed by atoms with E-state index in [0.717, 1.165) is 41.3 Å². The van der Waals surface area contributed by atoms with E-state index in [9.17, 15) is 4.79 Å². The number of fused-ring (bicyclic) bond motifs is 1. The predicted molar refractivity (Wildman–Crippen MR) is 129 cm³/mol. The van der Waals surface area contributed by atoms with Crippen molar-refractivity contribution in [3.8, 4) is 11.5 Å². The van der Waals surface area contributed by atoms with Crippen molar-refractivity contribution in [3.63, 3.8) is 0 Å². The molecule has 0 saturated carbocycles. The fraction of sp³-hybridized carbons (Fsp3) is 0.407. The number of amides is 1. The van der Waals surface area contributed by atoms with Crippen LogP contribution < -0.4 is 14.8 Å². The number of carbonyl (C=O) groups is 1. The smallest absolute Gasteiger partial charge is 0.225 e. The second-order valence-electron chi connectivity index (χ2n) is 8.87. The highest BCUT2D eigenvalue weighted by molar-refractivity contribution is 5.78. The maximum absolute atomic E-state index is 13.2. The van der Waals surface area contributed by atoms with E-state index in [1.807, 2.05) is 54.9 Å². The summed E-state index contributed by atoms with van der Waals surface area (Å²) in [4.78, 5) is 13.2. The standard InChI is InChI=1S/C27H33N3O3/c1-18(17-30-21(4)19(2)20(3)29-30)27(31)28-24(12-10-22-8-6-5-7-9-22)23-11-13-25-26(16-23)33-15-14-32-25/h5-9,11,13,16,18,24H,10,12,14-15,17H2,1-4H3,(H,28,31)/t18-,24+/m1/s1. The lowest BCUT2D eigenvalue weighted by molar-refractivity contribution is -0.125. The highest BCUT2D eigenvalue weighted by Gasteiger charge is 2.23. The van der Waals surface area contributed by atoms with E-state index in [2.05, 4.69) is 36.4 Å². The molecule has 0 unspecified atom stereocenters. The first kappa shape index (κ1) is 22.9. The molecular formula is C27H33N3O3. The molecule has 1 aliphatic rings. The minimum absolute atomic E-state index is 0.0214. The van der Waals surface area contributed by atoms with Crippen molar-refractivity contribution in [1.82, 2.24) is 15.1 Å². The summed E-state index contributed by atoms with van der Waals surface area (Å²) in [7, 11) is 0. The molecule has 0 spiro atoms. The van der Waals surface area contributed by atoms with Crippen LogP contribution in [0.2, 0.25) is 0 Å². The second-order valence-corrected chi connectivity index (χ2v) is 8.87. The molecule has 174 valence electrons. The van der Waals surface area contributed by atoms with Crippen molar-refractivity contribution in [2.45, 2.75) is 53.1 Å². The molecule has 3 aromatic rings. The largest absolute Gasteiger partial charge is 0.486 e. The van der Waals surface area contributed by atoms with Gasteiger partial charge < -0.3 is 14.8 Å². The fourth-order valence-electron chi connectivity index (χ4n) is 4.18. The van der Waals surface area contributed by atoms with Crippen LogP contribution in [0.5, 0.6) is 11.5 Å². The SMILES string of the molecule is Cc1nn(C[C@@H](C)C(=O)N[C@@H](CCc2ccccc2)c2ccc3c(c2)OCCO3)c(C)c1C. The van der Waals surface area contributed by atoms with Gasteiger partial charge in [0.25, 0.3) is 0 Å². The molecule has 0 fully saturated rings. The van der Waals surface area contributed by atoms with Crippen LogP contribution in [0, 0.1) is 26.7 Å². The van der Waals surface area contributed by atoms with Gasteiger partial charge in [-0.05, 0) is 62.4 Å². The summed E-state index contributed by atoms with van der Waals surface area (Å²) in [5, 5.41) is 7.89. The number of carbonyl (C=O) groups excluding carboxylic acids is 1. The van der Waals surface area contributed by atoms with Gasteiger partial charge in [-0.1, -0.05) is 43.3 Å². The number of hydrogen-bond acceptors (Lipinski definition) is 4. The topological polar surface area (TPSA) is 65.4 Å². The third-order valence-corrected chi connectivity index (χ3v) is 6.49. The van der Waals surface area contributed by atoms with Crippen LogP contribution in [0.1, 0.15) is 47.5 Å². The minimum atomic E-state index is -0.209. The molecule has 33 heavy (non-hydrogen) atoms. The normalized spacial score (nSPS) is 14.5. The van der Waals surface area contributed by atoms with Crippen LogP contribution in [0.3, 0.4) is 0 Å². The number of hydrogen-bond donors (Lipinski definition) is 1. The van der Waals surface area contributed by atoms with E-state index in [1.54, 1.807) is 0 Å². The Kier molecular flexibility index (Phi) is 7.02. The zero-order chi connectivity index (χ0) is 23.4. The van der Waals surface area contributed by atoms with Gasteiger partial charge >= 0.3 is 0 Å². The lowest BCUT2D eigenvalue weighted by Crippen LogP contribution is -2.35. The van der Waals surface area contributed by atoms with Crippen molar-refractivity contribution in [2.24, 2.45) is 5.92 Å². The van der Waals surface area contributed by atoms with Gasteiger partial charge in [-0.25, -0.2) is 0 Å². The Morgan fingerprint density at radius 2 is 1.79 bits per heavy atom. The quantitative estimate of drug-likeness (QED) is 0.543. The molecule has 2 atom stereocenters. The zero-order valence-corrected chi connectivity index (χ0v) is 19.9. The van der Waals surface area contributed by atoms with Crippen molar-refractivity contribution < 1.29 is 14.3 Å². The van der Waals surface area contributed by atoms with Crippen LogP contribution in [0.25, 0.3) is 0 Å². The van der Waals surface area contributed by atoms with Gasteiger partial charge in [-0.15, -0.1) is 0 Å². The molecule has 0 radical (unpaired) electrons. The summed E-state index contributed by atoms with van der Waals surface area (Å²) in [5.74, 6) is 1.31. The maximum Gasteiger partial charge on any atom is 0.225 e. The molecule has 0 saturated heterocycles. The second kappa shape index (κ2) is 10.1. The Morgan fingerprint density at radius 3 is 2.48 bits per heavy atom. The molecule has 2 aromatic carbocycles. The van der Waals surface area contributed by atoms with E-state index in [0.29, 0.717) is 19.8 Å². The minimum Gasteiger partial charge on any atom is -0.486 e. The highest BCUT2D eigenvalue weighted by Crippen LogP contribution is 2.34. The van der Waals surface area contributed by atoms with Crippen LogP contribution in [-0.2, 0) is 17.8 Å². The molecule has 1 N–H and O–H groups in total. The van der Waals surface area contributed by atoms with Gasteiger partial charge in [0, 0.05) is 5.69 Å². The number of nitrogens with zero attached hydrogens (tertiary/aromatic N) is 2. The van der Waals surface area contributed by atoms with Crippen LogP contribution in [0.15, 0.2) is 48.5 Å². The van der Waals surface area contributed by atoms with E-state index in [4.69, 9.17) is 9.47 Å². The number of ether oxygens (including phenoxy) is 2. The molecule has 6 heteroatoms. The lowest BCUT2D eigenvalue weighted by atomic mass is 9.97. The molecule has 6 nitrogen and oxygen atoms in total. The van der Waals surface area contributed by atoms with Crippen molar-refractivity contribution in [3.05, 3.63) is 76.6 Å². The Bertz CT molecular complexity index is 1110. The molecule has 0 aliphatic carbocycles. The summed E-state index contributed by atoms with van der Waals surface area (Å²) in [6, 6.07) is 16.2. The monoisotopic (exact) mass is 447 g/mol. The van der Waals surface area contributed by atoms with E-state index >= 15 is 0 Å². The predicted octanol–water partition coefficient (Wildman–Crippen LogP) is 4.71. The van der Waals surface area contributed by atoms with Crippen molar-refractivity contribution >= 4 is 5.91 Å². The Labute approximate surface area is 195 Å². The van der Waals surface area contributed by atoms with Crippen molar-refractivity contribution in [1.29, 1.82) is 0 Å². The molecule has 1 aliphatic heterocycles. The first-order valence-electron chi connectivity index (χ1n) is 11.7. The number of nitrogens with one attached hydrogen (secondary N) is 1. The zero-order valence-electron chi connectivity index (χ0n) is 19.9. The summed E-state index contributed by atoms with van der Waals surface area (Å²) >= 11 is 0. The van der Waals surface area contributed by atoms with Gasteiger partial charge in [0.15, 0.2) is 11.5 Å². The molecule has 4 rings (SSSR count). The average molecular weight is 448 g/mol. The first-order valence-corrected chi connectivity index (χ1v) is 11.7. The van der Waals surface area contributed by atoms with Crippen LogP contribution in [-0.4, -0.2) is 28.9 Å². The third kappa shape index (κ3) is 5.38. The summed E-state index contributed by atoms with van der Waals surface area (Å²) < 4.78 is 13.4. The van der Waals surface area contributed by atoms with Gasteiger partial charge in [0.05, 0.1) is 24.2 Å². The Balaban J connectivity index is 1.50. The molecule has 1 aromatic heterocycles. The van der Waals surface area contributed by atoms with Crippen LogP contribution in [0.4, 0.5) is 0 Å². The maximum atomic E-state index is 13.2. The molecule has 2 heterocycles. The Morgan fingerprint density at radius 1 is 1.06 bits per heavy atom. The van der Waals surface area contributed by atoms with E-state index in [-0.39, 0.29) is 17.9 Å². The van der Waals surface area contributed by atoms with Gasteiger partial charge in [-0.2, -0.15) is 5.10 Å². The van der Waals surface area contributed by atoms with Gasteiger partial charge in [0.1, 0.15) is 13.2 Å². The van der Waals surface area contributed by atoms with E-state index < -0.39 is 0 Å². The molecular weight excluding hydrogens is 414 g/mol. The Hall–Kier alpha value is -3.28. The number of rotatable bonds is 8.